The van der Waals surface area contributed by atoms with Crippen LogP contribution in [0.5, 0.6) is 0 Å². The van der Waals surface area contributed by atoms with Gasteiger partial charge in [0.05, 0.1) is 0 Å². The lowest BCUT2D eigenvalue weighted by Gasteiger charge is -2.35. The number of hydrogen-bond donors (Lipinski definition) is 1. The summed E-state index contributed by atoms with van der Waals surface area (Å²) in [6.07, 6.45) is 1.33. The standard InChI is InChI=1S/C12H25N/c1-11(2,3)7-9(10-8-13-10)12(4,5)6/h9-10,13H,7-8H2,1-6H3. The second kappa shape index (κ2) is 3.27. The van der Waals surface area contributed by atoms with E-state index < -0.39 is 0 Å². The number of rotatable bonds is 2. The molecule has 1 nitrogen and oxygen atoms in total. The van der Waals surface area contributed by atoms with Crippen LogP contribution in [-0.2, 0) is 0 Å². The molecule has 1 heterocycles. The number of nitrogens with one attached hydrogen (secondary N) is 1. The van der Waals surface area contributed by atoms with E-state index in [1.165, 1.54) is 13.0 Å². The van der Waals surface area contributed by atoms with Gasteiger partial charge in [-0.25, -0.2) is 0 Å². The predicted molar refractivity (Wildman–Crippen MR) is 58.8 cm³/mol. The van der Waals surface area contributed by atoms with Crippen LogP contribution >= 0.6 is 0 Å². The van der Waals surface area contributed by atoms with Gasteiger partial charge in [-0.1, -0.05) is 41.5 Å². The highest BCUT2D eigenvalue weighted by Crippen LogP contribution is 2.40. The molecule has 1 fully saturated rings. The SMILES string of the molecule is CC(C)(C)CC(C1CN1)C(C)(C)C. The summed E-state index contributed by atoms with van der Waals surface area (Å²) in [5.74, 6) is 0.826. The van der Waals surface area contributed by atoms with Gasteiger partial charge in [0.15, 0.2) is 0 Å². The van der Waals surface area contributed by atoms with Gasteiger partial charge in [0.25, 0.3) is 0 Å². The Morgan fingerprint density at radius 2 is 1.62 bits per heavy atom. The van der Waals surface area contributed by atoms with Crippen LogP contribution in [0.1, 0.15) is 48.0 Å². The van der Waals surface area contributed by atoms with Crippen LogP contribution in [0, 0.1) is 16.7 Å². The molecule has 0 aromatic rings. The Labute approximate surface area is 83.3 Å². The molecule has 2 unspecified atom stereocenters. The first-order valence-electron chi connectivity index (χ1n) is 5.43. The zero-order chi connectivity index (χ0) is 10.3. The van der Waals surface area contributed by atoms with Crippen LogP contribution in [0.25, 0.3) is 0 Å². The summed E-state index contributed by atoms with van der Waals surface area (Å²) < 4.78 is 0. The van der Waals surface area contributed by atoms with E-state index in [9.17, 15) is 0 Å². The average Bonchev–Trinajstić information content (AvgIpc) is 2.58. The Morgan fingerprint density at radius 1 is 1.15 bits per heavy atom. The number of hydrogen-bond acceptors (Lipinski definition) is 1. The van der Waals surface area contributed by atoms with E-state index in [0.29, 0.717) is 10.8 Å². The fourth-order valence-electron chi connectivity index (χ4n) is 2.06. The van der Waals surface area contributed by atoms with Crippen molar-refractivity contribution in [3.63, 3.8) is 0 Å². The van der Waals surface area contributed by atoms with Crippen molar-refractivity contribution in [2.45, 2.75) is 54.0 Å². The van der Waals surface area contributed by atoms with Crippen molar-refractivity contribution in [2.75, 3.05) is 6.54 Å². The van der Waals surface area contributed by atoms with Crippen LogP contribution in [0.2, 0.25) is 0 Å². The van der Waals surface area contributed by atoms with E-state index in [4.69, 9.17) is 0 Å². The third kappa shape index (κ3) is 3.68. The first-order chi connectivity index (χ1) is 5.70. The van der Waals surface area contributed by atoms with Crippen molar-refractivity contribution in [3.8, 4) is 0 Å². The molecule has 1 rings (SSSR count). The topological polar surface area (TPSA) is 21.9 Å². The fraction of sp³-hybridized carbons (Fsp3) is 1.00. The van der Waals surface area contributed by atoms with E-state index in [1.807, 2.05) is 0 Å². The highest BCUT2D eigenvalue weighted by Gasteiger charge is 2.39. The van der Waals surface area contributed by atoms with Crippen molar-refractivity contribution < 1.29 is 0 Å². The Hall–Kier alpha value is -0.0400. The van der Waals surface area contributed by atoms with E-state index in [2.05, 4.69) is 46.9 Å². The summed E-state index contributed by atoms with van der Waals surface area (Å²) in [6, 6.07) is 0.791. The Morgan fingerprint density at radius 3 is 1.85 bits per heavy atom. The van der Waals surface area contributed by atoms with E-state index >= 15 is 0 Å². The zero-order valence-electron chi connectivity index (χ0n) is 10.1. The summed E-state index contributed by atoms with van der Waals surface area (Å²) in [6.45, 7) is 15.4. The third-order valence-electron chi connectivity index (χ3n) is 2.87. The van der Waals surface area contributed by atoms with Gasteiger partial charge in [0, 0.05) is 12.6 Å². The van der Waals surface area contributed by atoms with Crippen LogP contribution < -0.4 is 5.32 Å². The monoisotopic (exact) mass is 183 g/mol. The molecule has 1 N–H and O–H groups in total. The molecule has 0 spiro atoms. The summed E-state index contributed by atoms with van der Waals surface area (Å²) in [7, 11) is 0. The van der Waals surface area contributed by atoms with Crippen LogP contribution in [0.4, 0.5) is 0 Å². The maximum atomic E-state index is 3.46. The second-order valence-electron chi connectivity index (χ2n) is 6.75. The lowest BCUT2D eigenvalue weighted by atomic mass is 9.70. The molecule has 0 aromatic carbocycles. The minimum Gasteiger partial charge on any atom is -0.311 e. The molecule has 2 atom stereocenters. The first-order valence-corrected chi connectivity index (χ1v) is 5.43. The van der Waals surface area contributed by atoms with Gasteiger partial charge in [-0.3, -0.25) is 0 Å². The van der Waals surface area contributed by atoms with Gasteiger partial charge in [-0.05, 0) is 23.2 Å². The largest absolute Gasteiger partial charge is 0.311 e. The van der Waals surface area contributed by atoms with Crippen LogP contribution in [-0.4, -0.2) is 12.6 Å². The van der Waals surface area contributed by atoms with Crippen molar-refractivity contribution in [2.24, 2.45) is 16.7 Å². The molecule has 0 bridgehead atoms. The highest BCUT2D eigenvalue weighted by atomic mass is 15.1. The first kappa shape index (κ1) is 11.0. The molecule has 1 saturated heterocycles. The van der Waals surface area contributed by atoms with Gasteiger partial charge in [-0.15, -0.1) is 0 Å². The van der Waals surface area contributed by atoms with Crippen molar-refractivity contribution >= 4 is 0 Å². The molecular weight excluding hydrogens is 158 g/mol. The Bertz CT molecular complexity index is 167. The predicted octanol–water partition coefficient (Wildman–Crippen LogP) is 3.06. The molecule has 0 saturated carbocycles. The molecule has 13 heavy (non-hydrogen) atoms. The molecule has 0 aromatic heterocycles. The summed E-state index contributed by atoms with van der Waals surface area (Å²) >= 11 is 0. The quantitative estimate of drug-likeness (QED) is 0.653. The molecular formula is C12H25N. The van der Waals surface area contributed by atoms with E-state index in [1.54, 1.807) is 0 Å². The smallest absolute Gasteiger partial charge is 0.0226 e. The van der Waals surface area contributed by atoms with E-state index in [-0.39, 0.29) is 0 Å². The highest BCUT2D eigenvalue weighted by molar-refractivity contribution is 4.96. The zero-order valence-corrected chi connectivity index (χ0v) is 10.1. The van der Waals surface area contributed by atoms with Crippen molar-refractivity contribution in [3.05, 3.63) is 0 Å². The van der Waals surface area contributed by atoms with Crippen LogP contribution in [0.15, 0.2) is 0 Å². The van der Waals surface area contributed by atoms with E-state index in [0.717, 1.165) is 12.0 Å². The molecule has 1 heteroatoms. The van der Waals surface area contributed by atoms with Gasteiger partial charge in [0.1, 0.15) is 0 Å². The molecule has 0 radical (unpaired) electrons. The van der Waals surface area contributed by atoms with Gasteiger partial charge >= 0.3 is 0 Å². The molecule has 0 aliphatic carbocycles. The normalized spacial score (nSPS) is 25.8. The van der Waals surface area contributed by atoms with Gasteiger partial charge in [0.2, 0.25) is 0 Å². The molecule has 1 aliphatic heterocycles. The summed E-state index contributed by atoms with van der Waals surface area (Å²) in [4.78, 5) is 0. The fourth-order valence-corrected chi connectivity index (χ4v) is 2.06. The minimum atomic E-state index is 0.446. The van der Waals surface area contributed by atoms with Crippen molar-refractivity contribution in [1.82, 2.24) is 5.32 Å². The summed E-state index contributed by atoms with van der Waals surface area (Å²) in [5, 5.41) is 3.46. The molecule has 1 aliphatic rings. The van der Waals surface area contributed by atoms with Gasteiger partial charge in [-0.2, -0.15) is 0 Å². The Balaban J connectivity index is 2.58. The maximum Gasteiger partial charge on any atom is 0.0226 e. The lowest BCUT2D eigenvalue weighted by molar-refractivity contribution is 0.162. The summed E-state index contributed by atoms with van der Waals surface area (Å²) in [5.41, 5.74) is 0.906. The lowest BCUT2D eigenvalue weighted by Crippen LogP contribution is -2.30. The average molecular weight is 183 g/mol. The van der Waals surface area contributed by atoms with Crippen LogP contribution in [0.3, 0.4) is 0 Å². The van der Waals surface area contributed by atoms with Gasteiger partial charge < -0.3 is 5.32 Å². The second-order valence-corrected chi connectivity index (χ2v) is 6.75. The molecule has 0 amide bonds. The maximum absolute atomic E-state index is 3.46. The third-order valence-corrected chi connectivity index (χ3v) is 2.87. The molecule has 78 valence electrons. The Kier molecular flexibility index (Phi) is 2.78. The van der Waals surface area contributed by atoms with Crippen molar-refractivity contribution in [1.29, 1.82) is 0 Å². The minimum absolute atomic E-state index is 0.446.